The lowest BCUT2D eigenvalue weighted by Crippen LogP contribution is -1.84. The van der Waals surface area contributed by atoms with Gasteiger partial charge in [-0.1, -0.05) is 23.4 Å². The molecule has 0 aliphatic heterocycles. The van der Waals surface area contributed by atoms with Crippen molar-refractivity contribution in [1.82, 2.24) is 13.7 Å². The van der Waals surface area contributed by atoms with E-state index in [0.717, 1.165) is 28.5 Å². The van der Waals surface area contributed by atoms with Crippen molar-refractivity contribution in [1.29, 1.82) is 0 Å². The third-order valence-corrected chi connectivity index (χ3v) is 2.63. The van der Waals surface area contributed by atoms with E-state index in [2.05, 4.69) is 36.3 Å². The van der Waals surface area contributed by atoms with Crippen molar-refractivity contribution in [2.24, 2.45) is 0 Å². The normalized spacial score (nSPS) is 9.33. The highest BCUT2D eigenvalue weighted by Crippen LogP contribution is 2.26. The zero-order chi connectivity index (χ0) is 11.3. The minimum Gasteiger partial charge on any atom is -0.264 e. The van der Waals surface area contributed by atoms with Crippen molar-refractivity contribution in [3.63, 3.8) is 0 Å². The molecule has 2 aromatic rings. The number of hydrogen-bond acceptors (Lipinski definition) is 5. The van der Waals surface area contributed by atoms with E-state index in [0.29, 0.717) is 5.15 Å². The van der Waals surface area contributed by atoms with E-state index in [1.165, 1.54) is 0 Å². The molecule has 0 radical (unpaired) electrons. The first-order chi connectivity index (χ1) is 7.29. The predicted octanol–water partition coefficient (Wildman–Crippen LogP) is 3.63. The van der Waals surface area contributed by atoms with Gasteiger partial charge in [0.15, 0.2) is 5.15 Å². The Morgan fingerprint density at radius 1 is 1.33 bits per heavy atom. The maximum atomic E-state index is 5.86. The largest absolute Gasteiger partial charge is 0.264 e. The smallest absolute Gasteiger partial charge is 0.170 e. The molecule has 0 fully saturated rings. The maximum absolute atomic E-state index is 5.86. The van der Waals surface area contributed by atoms with E-state index in [9.17, 15) is 0 Å². The zero-order valence-electron chi connectivity index (χ0n) is 7.69. The molecule has 0 aliphatic carbocycles. The van der Waals surface area contributed by atoms with E-state index >= 15 is 0 Å². The molecule has 0 N–H and O–H groups in total. The van der Waals surface area contributed by atoms with Crippen LogP contribution in [0.15, 0.2) is 18.5 Å². The third-order valence-electron chi connectivity index (χ3n) is 1.74. The van der Waals surface area contributed by atoms with Gasteiger partial charge in [-0.15, -0.1) is 0 Å². The molecule has 0 saturated carbocycles. The lowest BCUT2D eigenvalue weighted by atomic mass is 10.1. The highest BCUT2D eigenvalue weighted by molar-refractivity contribution is 8.05. The average molecular weight is 280 g/mol. The second kappa shape index (κ2) is 6.27. The Hall–Kier alpha value is -0.360. The molecule has 15 heavy (non-hydrogen) atoms. The highest BCUT2D eigenvalue weighted by Gasteiger charge is 2.09. The first-order valence-corrected chi connectivity index (χ1v) is 6.31. The molecular weight excluding hydrogens is 273 g/mol. The summed E-state index contributed by atoms with van der Waals surface area (Å²) in [5.41, 5.74) is 2.77. The summed E-state index contributed by atoms with van der Waals surface area (Å²) in [6.07, 6.45) is 3.49. The molecule has 7 heteroatoms. The summed E-state index contributed by atoms with van der Waals surface area (Å²) in [5.74, 6) is 0. The average Bonchev–Trinajstić information content (AvgIpc) is 2.68. The molecule has 0 bridgehead atoms. The van der Waals surface area contributed by atoms with Gasteiger partial charge in [0.1, 0.15) is 5.69 Å². The summed E-state index contributed by atoms with van der Waals surface area (Å²) in [6, 6.07) is 1.92. The zero-order valence-corrected chi connectivity index (χ0v) is 10.9. The van der Waals surface area contributed by atoms with Crippen molar-refractivity contribution in [2.75, 3.05) is 0 Å². The van der Waals surface area contributed by atoms with Crippen LogP contribution >= 0.6 is 45.9 Å². The second-order valence-electron chi connectivity index (χ2n) is 2.59. The number of aryl methyl sites for hydroxylation is 1. The molecule has 0 amide bonds. The summed E-state index contributed by atoms with van der Waals surface area (Å²) in [5, 5.41) is 0.445. The van der Waals surface area contributed by atoms with Gasteiger partial charge in [-0.25, -0.2) is 0 Å². The minimum atomic E-state index is 0.445. The molecular formula is C8H7Cl2N3S2. The van der Waals surface area contributed by atoms with Gasteiger partial charge in [0.2, 0.25) is 0 Å². The van der Waals surface area contributed by atoms with Crippen molar-refractivity contribution >= 4 is 45.9 Å². The van der Waals surface area contributed by atoms with Crippen LogP contribution in [0.3, 0.4) is 0 Å². The van der Waals surface area contributed by atoms with Crippen LogP contribution < -0.4 is 0 Å². The molecule has 0 aromatic carbocycles. The molecule has 2 aromatic heterocycles. The van der Waals surface area contributed by atoms with Gasteiger partial charge in [-0.3, -0.25) is 4.98 Å². The van der Waals surface area contributed by atoms with E-state index in [1.54, 1.807) is 12.4 Å². The fourth-order valence-electron chi connectivity index (χ4n) is 1.05. The first-order valence-electron chi connectivity index (χ1n) is 3.85. The first kappa shape index (κ1) is 12.7. The molecule has 2 heterocycles. The van der Waals surface area contributed by atoms with Crippen LogP contribution in [-0.2, 0) is 0 Å². The second-order valence-corrected chi connectivity index (χ2v) is 3.48. The predicted molar refractivity (Wildman–Crippen MR) is 67.7 cm³/mol. The number of thiol groups is 1. The van der Waals surface area contributed by atoms with Crippen LogP contribution in [0.2, 0.25) is 5.15 Å². The van der Waals surface area contributed by atoms with Crippen molar-refractivity contribution in [3.05, 3.63) is 29.2 Å². The van der Waals surface area contributed by atoms with Gasteiger partial charge in [0, 0.05) is 18.0 Å². The van der Waals surface area contributed by atoms with Crippen molar-refractivity contribution in [3.8, 4) is 11.3 Å². The van der Waals surface area contributed by atoms with E-state index in [-0.39, 0.29) is 0 Å². The van der Waals surface area contributed by atoms with Gasteiger partial charge in [-0.2, -0.15) is 8.75 Å². The molecule has 3 nitrogen and oxygen atoms in total. The van der Waals surface area contributed by atoms with Gasteiger partial charge < -0.3 is 0 Å². The standard InChI is InChI=1S/C8H6ClN3S.ClHS/c1-5-2-3-10-4-6(5)7-8(9)12-13-11-7;1-2/h2-4H,1H3;2H. The van der Waals surface area contributed by atoms with Crippen LogP contribution in [0.4, 0.5) is 0 Å². The van der Waals surface area contributed by atoms with Crippen LogP contribution in [0.1, 0.15) is 5.56 Å². The number of rotatable bonds is 1. The maximum Gasteiger partial charge on any atom is 0.170 e. The number of halogens is 2. The highest BCUT2D eigenvalue weighted by atomic mass is 35.7. The summed E-state index contributed by atoms with van der Waals surface area (Å²) in [6.45, 7) is 1.99. The SMILES string of the molecule is Cc1ccncc1-c1nsnc1Cl.SCl. The lowest BCUT2D eigenvalue weighted by Gasteiger charge is -1.99. The van der Waals surface area contributed by atoms with E-state index < -0.39 is 0 Å². The molecule has 0 atom stereocenters. The Labute approximate surface area is 107 Å². The van der Waals surface area contributed by atoms with Crippen molar-refractivity contribution < 1.29 is 0 Å². The molecule has 80 valence electrons. The van der Waals surface area contributed by atoms with Crippen LogP contribution in [0.25, 0.3) is 11.3 Å². The molecule has 0 saturated heterocycles. The summed E-state index contributed by atoms with van der Waals surface area (Å²) >= 11 is 9.97. The van der Waals surface area contributed by atoms with Gasteiger partial charge in [-0.05, 0) is 29.2 Å². The molecule has 0 unspecified atom stereocenters. The molecule has 2 rings (SSSR count). The Bertz CT molecular complexity index is 433. The fraction of sp³-hybridized carbons (Fsp3) is 0.125. The van der Waals surface area contributed by atoms with Gasteiger partial charge in [0.25, 0.3) is 0 Å². The van der Waals surface area contributed by atoms with Crippen LogP contribution in [-0.4, -0.2) is 13.7 Å². The summed E-state index contributed by atoms with van der Waals surface area (Å²) in [7, 11) is 4.33. The monoisotopic (exact) mass is 279 g/mol. The van der Waals surface area contributed by atoms with Crippen LogP contribution in [0.5, 0.6) is 0 Å². The number of nitrogens with zero attached hydrogens (tertiary/aromatic N) is 3. The van der Waals surface area contributed by atoms with Gasteiger partial charge in [0.05, 0.1) is 11.7 Å². The topological polar surface area (TPSA) is 38.7 Å². The Kier molecular flexibility index (Phi) is 5.31. The van der Waals surface area contributed by atoms with Crippen LogP contribution in [0, 0.1) is 6.92 Å². The Morgan fingerprint density at radius 3 is 2.60 bits per heavy atom. The number of pyridine rings is 1. The molecule has 0 aliphatic rings. The Morgan fingerprint density at radius 2 is 2.07 bits per heavy atom. The Balaban J connectivity index is 0.000000531. The number of hydrogen-bond donors (Lipinski definition) is 1. The fourth-order valence-corrected chi connectivity index (χ4v) is 1.80. The van der Waals surface area contributed by atoms with Crippen molar-refractivity contribution in [2.45, 2.75) is 6.92 Å². The lowest BCUT2D eigenvalue weighted by molar-refractivity contribution is 1.27. The van der Waals surface area contributed by atoms with E-state index in [4.69, 9.17) is 11.6 Å². The van der Waals surface area contributed by atoms with E-state index in [1.807, 2.05) is 13.0 Å². The summed E-state index contributed by atoms with van der Waals surface area (Å²) in [4.78, 5) is 4.02. The van der Waals surface area contributed by atoms with Gasteiger partial charge >= 0.3 is 0 Å². The molecule has 0 spiro atoms. The minimum absolute atomic E-state index is 0.445. The number of aromatic nitrogens is 3. The third kappa shape index (κ3) is 3.04. The quantitative estimate of drug-likeness (QED) is 0.811. The summed E-state index contributed by atoms with van der Waals surface area (Å²) < 4.78 is 8.01.